The monoisotopic (exact) mass is 319 g/mol. The maximum absolute atomic E-state index is 12.1. The highest BCUT2D eigenvalue weighted by atomic mass is 79.9. The Morgan fingerprint density at radius 2 is 1.93 bits per heavy atom. The Balaban J connectivity index is 3.13. The van der Waals surface area contributed by atoms with Crippen molar-refractivity contribution in [1.29, 1.82) is 0 Å². The molecule has 1 aromatic rings. The molecular formula is C8H3BrCl2F3N. The highest BCUT2D eigenvalue weighted by Gasteiger charge is 2.34. The maximum atomic E-state index is 12.1. The summed E-state index contributed by atoms with van der Waals surface area (Å²) in [6, 6.07) is 4.29. The molecule has 0 unspecified atom stereocenters. The molecule has 0 aliphatic heterocycles. The number of hydrogen-bond acceptors (Lipinski definition) is 1. The van der Waals surface area contributed by atoms with Crippen LogP contribution in [0.25, 0.3) is 0 Å². The van der Waals surface area contributed by atoms with Crippen LogP contribution in [0.3, 0.4) is 0 Å². The van der Waals surface area contributed by atoms with E-state index in [1.165, 1.54) is 18.2 Å². The van der Waals surface area contributed by atoms with Gasteiger partial charge in [-0.1, -0.05) is 23.2 Å². The van der Waals surface area contributed by atoms with E-state index in [1.54, 1.807) is 0 Å². The molecule has 0 saturated carbocycles. The third-order valence-corrected chi connectivity index (χ3v) is 2.57. The lowest BCUT2D eigenvalue weighted by Crippen LogP contribution is -2.16. The summed E-state index contributed by atoms with van der Waals surface area (Å²) in [5, 5.41) is -1.16. The Bertz CT molecular complexity index is 403. The molecule has 0 aliphatic carbocycles. The number of aliphatic imine (C=N–C) groups is 1. The van der Waals surface area contributed by atoms with Gasteiger partial charge in [-0.2, -0.15) is 13.2 Å². The summed E-state index contributed by atoms with van der Waals surface area (Å²) in [5.74, 6) is 0. The van der Waals surface area contributed by atoms with E-state index in [2.05, 4.69) is 20.9 Å². The lowest BCUT2D eigenvalue weighted by atomic mass is 10.3. The Morgan fingerprint density at radius 1 is 1.33 bits per heavy atom. The molecule has 0 saturated heterocycles. The molecule has 1 rings (SSSR count). The zero-order valence-electron chi connectivity index (χ0n) is 6.95. The van der Waals surface area contributed by atoms with E-state index >= 15 is 0 Å². The van der Waals surface area contributed by atoms with Crippen molar-refractivity contribution in [3.63, 3.8) is 0 Å². The second-order valence-electron chi connectivity index (χ2n) is 2.50. The summed E-state index contributed by atoms with van der Waals surface area (Å²) in [6.07, 6.45) is -4.65. The summed E-state index contributed by atoms with van der Waals surface area (Å²) in [7, 11) is 0. The van der Waals surface area contributed by atoms with Crippen LogP contribution in [0.2, 0.25) is 5.02 Å². The number of benzene rings is 1. The van der Waals surface area contributed by atoms with E-state index in [1.807, 2.05) is 0 Å². The minimum absolute atomic E-state index is 0.0322. The fraction of sp³-hybridized carbons (Fsp3) is 0.125. The molecule has 1 aromatic carbocycles. The Labute approximate surface area is 102 Å². The first-order valence-electron chi connectivity index (χ1n) is 3.57. The Kier molecular flexibility index (Phi) is 4.03. The van der Waals surface area contributed by atoms with Gasteiger partial charge in [-0.15, -0.1) is 0 Å². The fourth-order valence-corrected chi connectivity index (χ4v) is 1.33. The first-order valence-corrected chi connectivity index (χ1v) is 5.12. The smallest absolute Gasteiger partial charge is 0.231 e. The molecule has 82 valence electrons. The van der Waals surface area contributed by atoms with Gasteiger partial charge in [-0.25, -0.2) is 4.99 Å². The van der Waals surface area contributed by atoms with Crippen LogP contribution in [0.1, 0.15) is 0 Å². The van der Waals surface area contributed by atoms with Gasteiger partial charge in [0.25, 0.3) is 0 Å². The molecular weight excluding hydrogens is 318 g/mol. The van der Waals surface area contributed by atoms with Crippen LogP contribution in [0.5, 0.6) is 0 Å². The van der Waals surface area contributed by atoms with Crippen molar-refractivity contribution in [1.82, 2.24) is 0 Å². The predicted octanol–water partition coefficient (Wildman–Crippen LogP) is 4.93. The van der Waals surface area contributed by atoms with Crippen molar-refractivity contribution < 1.29 is 13.2 Å². The number of hydrogen-bond donors (Lipinski definition) is 0. The van der Waals surface area contributed by atoms with E-state index in [0.29, 0.717) is 4.47 Å². The molecule has 0 amide bonds. The first kappa shape index (κ1) is 12.8. The normalized spacial score (nSPS) is 13.1. The predicted molar refractivity (Wildman–Crippen MR) is 58.2 cm³/mol. The van der Waals surface area contributed by atoms with Gasteiger partial charge in [0.1, 0.15) is 0 Å². The van der Waals surface area contributed by atoms with Gasteiger partial charge in [0.15, 0.2) is 0 Å². The number of halogens is 6. The van der Waals surface area contributed by atoms with E-state index in [4.69, 9.17) is 23.2 Å². The minimum Gasteiger partial charge on any atom is -0.231 e. The van der Waals surface area contributed by atoms with Gasteiger partial charge < -0.3 is 0 Å². The molecule has 15 heavy (non-hydrogen) atoms. The summed E-state index contributed by atoms with van der Waals surface area (Å²) >= 11 is 13.6. The van der Waals surface area contributed by atoms with E-state index in [9.17, 15) is 13.2 Å². The summed E-state index contributed by atoms with van der Waals surface area (Å²) < 4.78 is 36.6. The van der Waals surface area contributed by atoms with Crippen molar-refractivity contribution in [2.45, 2.75) is 6.18 Å². The van der Waals surface area contributed by atoms with Crippen LogP contribution in [0.15, 0.2) is 27.7 Å². The quantitative estimate of drug-likeness (QED) is 0.650. The molecule has 0 spiro atoms. The summed E-state index contributed by atoms with van der Waals surface area (Å²) in [4.78, 5) is 3.22. The third kappa shape index (κ3) is 3.66. The molecule has 0 N–H and O–H groups in total. The van der Waals surface area contributed by atoms with Gasteiger partial charge in [0, 0.05) is 9.50 Å². The molecule has 7 heteroatoms. The Morgan fingerprint density at radius 3 is 2.47 bits per heavy atom. The largest absolute Gasteiger partial charge is 0.444 e. The van der Waals surface area contributed by atoms with Crippen LogP contribution in [-0.4, -0.2) is 11.3 Å². The van der Waals surface area contributed by atoms with Gasteiger partial charge in [0.05, 0.1) is 5.69 Å². The number of alkyl halides is 3. The third-order valence-electron chi connectivity index (χ3n) is 1.36. The summed E-state index contributed by atoms with van der Waals surface area (Å²) in [5.41, 5.74) is 0.0322. The maximum Gasteiger partial charge on any atom is 0.444 e. The molecule has 0 radical (unpaired) electrons. The van der Waals surface area contributed by atoms with Crippen molar-refractivity contribution in [3.8, 4) is 0 Å². The lowest BCUT2D eigenvalue weighted by Gasteiger charge is -2.04. The molecule has 0 bridgehead atoms. The SMILES string of the molecule is FC(F)(F)C(Cl)=Nc1cc(Cl)ccc1Br. The topological polar surface area (TPSA) is 12.4 Å². The van der Waals surface area contributed by atoms with Gasteiger partial charge >= 0.3 is 6.18 Å². The zero-order chi connectivity index (χ0) is 11.6. The van der Waals surface area contributed by atoms with Crippen molar-refractivity contribution in [2.24, 2.45) is 4.99 Å². The van der Waals surface area contributed by atoms with Crippen LogP contribution >= 0.6 is 39.1 Å². The second kappa shape index (κ2) is 4.72. The number of nitrogens with zero attached hydrogens (tertiary/aromatic N) is 1. The van der Waals surface area contributed by atoms with Crippen LogP contribution in [0.4, 0.5) is 18.9 Å². The molecule has 0 fully saturated rings. The van der Waals surface area contributed by atoms with Crippen molar-refractivity contribution in [2.75, 3.05) is 0 Å². The average molecular weight is 321 g/mol. The van der Waals surface area contributed by atoms with Gasteiger partial charge in [0.2, 0.25) is 5.17 Å². The van der Waals surface area contributed by atoms with E-state index in [0.717, 1.165) is 0 Å². The number of rotatable bonds is 1. The molecule has 1 nitrogen and oxygen atoms in total. The molecule has 0 heterocycles. The van der Waals surface area contributed by atoms with Gasteiger partial charge in [-0.05, 0) is 34.1 Å². The second-order valence-corrected chi connectivity index (χ2v) is 4.14. The van der Waals surface area contributed by atoms with E-state index < -0.39 is 11.3 Å². The fourth-order valence-electron chi connectivity index (χ4n) is 0.741. The lowest BCUT2D eigenvalue weighted by molar-refractivity contribution is -0.0558. The highest BCUT2D eigenvalue weighted by Crippen LogP contribution is 2.31. The minimum atomic E-state index is -4.65. The molecule has 0 aliphatic rings. The van der Waals surface area contributed by atoms with Crippen LogP contribution < -0.4 is 0 Å². The summed E-state index contributed by atoms with van der Waals surface area (Å²) in [6.45, 7) is 0. The van der Waals surface area contributed by atoms with Crippen molar-refractivity contribution >= 4 is 50.0 Å². The van der Waals surface area contributed by atoms with Crippen LogP contribution in [0, 0.1) is 0 Å². The standard InChI is InChI=1S/C8H3BrCl2F3N/c9-5-2-1-4(10)3-6(5)15-7(11)8(12,13)14/h1-3H. The van der Waals surface area contributed by atoms with Gasteiger partial charge in [-0.3, -0.25) is 0 Å². The molecule has 0 aromatic heterocycles. The highest BCUT2D eigenvalue weighted by molar-refractivity contribution is 9.10. The molecule has 0 atom stereocenters. The Hall–Kier alpha value is -0.260. The first-order chi connectivity index (χ1) is 6.80. The zero-order valence-corrected chi connectivity index (χ0v) is 10.0. The van der Waals surface area contributed by atoms with Crippen molar-refractivity contribution in [3.05, 3.63) is 27.7 Å². The average Bonchev–Trinajstić information content (AvgIpc) is 2.09. The van der Waals surface area contributed by atoms with E-state index in [-0.39, 0.29) is 10.7 Å². The van der Waals surface area contributed by atoms with Crippen LogP contribution in [-0.2, 0) is 0 Å².